The number of aryl methyl sites for hydroxylation is 1. The van der Waals surface area contributed by atoms with Crippen LogP contribution in [0.15, 0.2) is 28.6 Å². The molecule has 1 aromatic carbocycles. The van der Waals surface area contributed by atoms with Crippen LogP contribution < -0.4 is 10.6 Å². The lowest BCUT2D eigenvalue weighted by Gasteiger charge is -2.31. The normalized spacial score (nSPS) is 15.7. The lowest BCUT2D eigenvalue weighted by Crippen LogP contribution is -2.42. The third kappa shape index (κ3) is 7.42. The Morgan fingerprint density at radius 3 is 2.70 bits per heavy atom. The van der Waals surface area contributed by atoms with Crippen molar-refractivity contribution < 1.29 is 8.78 Å². The van der Waals surface area contributed by atoms with Crippen LogP contribution in [0, 0.1) is 17.6 Å². The Kier molecular flexibility index (Phi) is 10.4. The van der Waals surface area contributed by atoms with Crippen molar-refractivity contribution >= 4 is 41.3 Å². The first kappa shape index (κ1) is 24.9. The monoisotopic (exact) mass is 549 g/mol. The molecule has 3 rings (SSSR count). The number of rotatable bonds is 7. The number of hydrogen-bond donors (Lipinski definition) is 2. The molecule has 0 aliphatic carbocycles. The number of aliphatic imine (C=N–C) groups is 1. The number of nitrogens with one attached hydrogen (secondary N) is 2. The van der Waals surface area contributed by atoms with Gasteiger partial charge in [0.25, 0.3) is 0 Å². The van der Waals surface area contributed by atoms with E-state index in [0.29, 0.717) is 11.9 Å². The van der Waals surface area contributed by atoms with Crippen LogP contribution in [0.1, 0.15) is 36.0 Å². The number of halogens is 3. The molecule has 0 radical (unpaired) electrons. The smallest absolute Gasteiger partial charge is 0.191 e. The first-order chi connectivity index (χ1) is 14.1. The lowest BCUT2D eigenvalue weighted by molar-refractivity contribution is 0.176. The second kappa shape index (κ2) is 12.5. The fraction of sp³-hybridized carbons (Fsp3) is 0.524. The number of guanidine groups is 1. The van der Waals surface area contributed by atoms with E-state index in [1.807, 2.05) is 0 Å². The van der Waals surface area contributed by atoms with Gasteiger partial charge in [0.2, 0.25) is 0 Å². The highest BCUT2D eigenvalue weighted by atomic mass is 127. The van der Waals surface area contributed by atoms with E-state index in [1.165, 1.54) is 16.8 Å². The van der Waals surface area contributed by atoms with Gasteiger partial charge in [0.1, 0.15) is 11.6 Å². The van der Waals surface area contributed by atoms with Crippen LogP contribution in [-0.4, -0.2) is 42.5 Å². The maximum Gasteiger partial charge on any atom is 0.191 e. The van der Waals surface area contributed by atoms with Crippen LogP contribution in [0.2, 0.25) is 0 Å². The molecule has 0 bridgehead atoms. The van der Waals surface area contributed by atoms with Crippen LogP contribution in [0.4, 0.5) is 8.78 Å². The quantitative estimate of drug-likeness (QED) is 0.309. The molecule has 1 aliphatic heterocycles. The molecule has 30 heavy (non-hydrogen) atoms. The number of piperidine rings is 1. The molecule has 0 unspecified atom stereocenters. The largest absolute Gasteiger partial charge is 0.356 e. The van der Waals surface area contributed by atoms with Gasteiger partial charge in [0, 0.05) is 37.6 Å². The fourth-order valence-electron chi connectivity index (χ4n) is 3.48. The Balaban J connectivity index is 0.00000320. The molecule has 0 saturated carbocycles. The maximum atomic E-state index is 13.7. The molecule has 2 N–H and O–H groups in total. The summed E-state index contributed by atoms with van der Waals surface area (Å²) in [6.45, 7) is 6.19. The molecule has 1 aliphatic rings. The Labute approximate surface area is 198 Å². The highest BCUT2D eigenvalue weighted by Crippen LogP contribution is 2.19. The van der Waals surface area contributed by atoms with Crippen molar-refractivity contribution in [2.24, 2.45) is 10.9 Å². The summed E-state index contributed by atoms with van der Waals surface area (Å²) in [6.07, 6.45) is 3.24. The molecular weight excluding hydrogens is 519 g/mol. The second-order valence-electron chi connectivity index (χ2n) is 7.35. The summed E-state index contributed by atoms with van der Waals surface area (Å²) in [6, 6.07) is 3.47. The Morgan fingerprint density at radius 2 is 2.03 bits per heavy atom. The van der Waals surface area contributed by atoms with Crippen LogP contribution in [0.25, 0.3) is 0 Å². The number of likely N-dealkylation sites (tertiary alicyclic amines) is 1. The molecule has 0 amide bonds. The van der Waals surface area contributed by atoms with Gasteiger partial charge in [0.05, 0.1) is 10.7 Å². The number of hydrogen-bond acceptors (Lipinski definition) is 4. The average Bonchev–Trinajstić information content (AvgIpc) is 3.19. The number of benzene rings is 1. The van der Waals surface area contributed by atoms with E-state index in [-0.39, 0.29) is 36.1 Å². The summed E-state index contributed by atoms with van der Waals surface area (Å²) in [5, 5.41) is 9.74. The first-order valence-electron chi connectivity index (χ1n) is 10.1. The molecular formula is C21H30F2IN5S. The Hall–Kier alpha value is -1.33. The molecule has 1 fully saturated rings. The van der Waals surface area contributed by atoms with Gasteiger partial charge in [-0.3, -0.25) is 9.89 Å². The van der Waals surface area contributed by atoms with E-state index in [9.17, 15) is 8.78 Å². The van der Waals surface area contributed by atoms with Gasteiger partial charge in [0.15, 0.2) is 5.96 Å². The standard InChI is InChI=1S/C21H29F2N5S.HI/c1-3-20-27-18(14-29-20)13-28-8-6-15(7-9-28)11-25-21(24-2)26-12-16-10-17(22)4-5-19(16)23;/h4-5,10,14-15H,3,6-9,11-13H2,1-2H3,(H2,24,25,26);1H. The predicted molar refractivity (Wildman–Crippen MR) is 129 cm³/mol. The van der Waals surface area contributed by atoms with E-state index < -0.39 is 11.6 Å². The maximum absolute atomic E-state index is 13.7. The van der Waals surface area contributed by atoms with Crippen molar-refractivity contribution in [1.29, 1.82) is 0 Å². The molecule has 1 saturated heterocycles. The van der Waals surface area contributed by atoms with Gasteiger partial charge in [-0.05, 0) is 56.5 Å². The lowest BCUT2D eigenvalue weighted by atomic mass is 9.97. The number of thiazole rings is 1. The second-order valence-corrected chi connectivity index (χ2v) is 8.29. The SMILES string of the molecule is CCc1nc(CN2CCC(CNC(=NC)NCc3cc(F)ccc3F)CC2)cs1.I. The number of nitrogens with zero attached hydrogens (tertiary/aromatic N) is 3. The summed E-state index contributed by atoms with van der Waals surface area (Å²) in [7, 11) is 1.68. The third-order valence-electron chi connectivity index (χ3n) is 5.23. The summed E-state index contributed by atoms with van der Waals surface area (Å²) in [4.78, 5) is 11.3. The number of aromatic nitrogens is 1. The topological polar surface area (TPSA) is 52.6 Å². The molecule has 0 atom stereocenters. The Bertz CT molecular complexity index is 821. The van der Waals surface area contributed by atoms with Crippen molar-refractivity contribution in [3.05, 3.63) is 51.5 Å². The molecule has 166 valence electrons. The van der Waals surface area contributed by atoms with Crippen molar-refractivity contribution in [3.8, 4) is 0 Å². The van der Waals surface area contributed by atoms with Gasteiger partial charge >= 0.3 is 0 Å². The van der Waals surface area contributed by atoms with Gasteiger partial charge in [-0.15, -0.1) is 35.3 Å². The fourth-order valence-corrected chi connectivity index (χ4v) is 4.22. The summed E-state index contributed by atoms with van der Waals surface area (Å²) >= 11 is 1.74. The van der Waals surface area contributed by atoms with Gasteiger partial charge in [-0.2, -0.15) is 0 Å². The van der Waals surface area contributed by atoms with Crippen LogP contribution in [0.5, 0.6) is 0 Å². The van der Waals surface area contributed by atoms with Crippen molar-refractivity contribution in [1.82, 2.24) is 20.5 Å². The predicted octanol–water partition coefficient (Wildman–Crippen LogP) is 4.18. The molecule has 9 heteroatoms. The van der Waals surface area contributed by atoms with E-state index >= 15 is 0 Å². The van der Waals surface area contributed by atoms with Gasteiger partial charge in [-0.25, -0.2) is 13.8 Å². The summed E-state index contributed by atoms with van der Waals surface area (Å²) < 4.78 is 27.0. The first-order valence-corrected chi connectivity index (χ1v) is 11.0. The van der Waals surface area contributed by atoms with E-state index in [0.717, 1.165) is 57.6 Å². The van der Waals surface area contributed by atoms with Crippen LogP contribution in [0.3, 0.4) is 0 Å². The average molecular weight is 549 g/mol. The van der Waals surface area contributed by atoms with E-state index in [2.05, 4.69) is 37.8 Å². The van der Waals surface area contributed by atoms with Crippen molar-refractivity contribution in [3.63, 3.8) is 0 Å². The van der Waals surface area contributed by atoms with E-state index in [4.69, 9.17) is 0 Å². The zero-order chi connectivity index (χ0) is 20.6. The van der Waals surface area contributed by atoms with Crippen molar-refractivity contribution in [2.75, 3.05) is 26.7 Å². The minimum Gasteiger partial charge on any atom is -0.356 e. The van der Waals surface area contributed by atoms with Gasteiger partial charge in [-0.1, -0.05) is 6.92 Å². The Morgan fingerprint density at radius 1 is 1.27 bits per heavy atom. The van der Waals surface area contributed by atoms with Crippen LogP contribution in [-0.2, 0) is 19.5 Å². The molecule has 2 aromatic rings. The molecule has 0 spiro atoms. The highest BCUT2D eigenvalue weighted by Gasteiger charge is 2.20. The van der Waals surface area contributed by atoms with E-state index in [1.54, 1.807) is 18.4 Å². The third-order valence-corrected chi connectivity index (χ3v) is 6.27. The molecule has 1 aromatic heterocycles. The van der Waals surface area contributed by atoms with Gasteiger partial charge < -0.3 is 10.6 Å². The molecule has 2 heterocycles. The minimum absolute atomic E-state index is 0. The highest BCUT2D eigenvalue weighted by molar-refractivity contribution is 14.0. The molecule has 5 nitrogen and oxygen atoms in total. The minimum atomic E-state index is -0.443. The van der Waals surface area contributed by atoms with Crippen molar-refractivity contribution in [2.45, 2.75) is 39.3 Å². The zero-order valence-corrected chi connectivity index (χ0v) is 20.6. The summed E-state index contributed by atoms with van der Waals surface area (Å²) in [5.74, 6) is 0.303. The zero-order valence-electron chi connectivity index (χ0n) is 17.5. The summed E-state index contributed by atoms with van der Waals surface area (Å²) in [5.41, 5.74) is 1.46. The van der Waals surface area contributed by atoms with Crippen LogP contribution >= 0.6 is 35.3 Å².